The van der Waals surface area contributed by atoms with Crippen LogP contribution in [0.15, 0.2) is 85.1 Å². The molecule has 0 radical (unpaired) electrons. The predicted octanol–water partition coefficient (Wildman–Crippen LogP) is 8.93. The molecule has 2 atom stereocenters. The molecular formula is C37H60NO8P. The number of rotatable bonds is 30. The monoisotopic (exact) mass is 677 g/mol. The number of carbonyl (C=O) groups is 2. The fourth-order valence-corrected chi connectivity index (χ4v) is 4.66. The van der Waals surface area contributed by atoms with Gasteiger partial charge in [-0.05, 0) is 44.9 Å². The van der Waals surface area contributed by atoms with Gasteiger partial charge in [0.05, 0.1) is 13.2 Å². The Hall–Kier alpha value is -2.81. The van der Waals surface area contributed by atoms with Gasteiger partial charge in [0.25, 0.3) is 0 Å². The van der Waals surface area contributed by atoms with Crippen molar-refractivity contribution in [2.24, 2.45) is 5.73 Å². The molecule has 3 N–H and O–H groups in total. The zero-order valence-corrected chi connectivity index (χ0v) is 29.6. The number of carbonyl (C=O) groups excluding carboxylic acids is 2. The molecule has 0 heterocycles. The summed E-state index contributed by atoms with van der Waals surface area (Å²) in [4.78, 5) is 34.5. The molecule has 0 amide bonds. The Bertz CT molecular complexity index is 1040. The van der Waals surface area contributed by atoms with Crippen molar-refractivity contribution in [2.75, 3.05) is 26.4 Å². The van der Waals surface area contributed by atoms with E-state index in [2.05, 4.69) is 32.1 Å². The van der Waals surface area contributed by atoms with Crippen LogP contribution < -0.4 is 5.73 Å². The van der Waals surface area contributed by atoms with Crippen molar-refractivity contribution in [1.29, 1.82) is 0 Å². The number of unbranched alkanes of at least 4 members (excludes halogenated alkanes) is 7. The average Bonchev–Trinajstić information content (AvgIpc) is 3.05. The molecule has 266 valence electrons. The first-order chi connectivity index (χ1) is 22.8. The minimum atomic E-state index is -4.40. The van der Waals surface area contributed by atoms with E-state index in [1.807, 2.05) is 66.8 Å². The highest BCUT2D eigenvalue weighted by molar-refractivity contribution is 7.47. The normalized spacial score (nSPS) is 14.6. The molecule has 0 aromatic rings. The zero-order valence-electron chi connectivity index (χ0n) is 28.7. The molecule has 47 heavy (non-hydrogen) atoms. The minimum absolute atomic E-state index is 0.0314. The maximum absolute atomic E-state index is 12.4. The van der Waals surface area contributed by atoms with Crippen LogP contribution in [-0.2, 0) is 32.7 Å². The van der Waals surface area contributed by atoms with Gasteiger partial charge in [-0.25, -0.2) is 4.57 Å². The molecule has 0 bridgehead atoms. The van der Waals surface area contributed by atoms with Crippen molar-refractivity contribution in [3.63, 3.8) is 0 Å². The van der Waals surface area contributed by atoms with Gasteiger partial charge < -0.3 is 20.1 Å². The third-order valence-corrected chi connectivity index (χ3v) is 7.39. The number of phosphoric acid groups is 1. The van der Waals surface area contributed by atoms with Gasteiger partial charge in [-0.15, -0.1) is 0 Å². The van der Waals surface area contributed by atoms with E-state index < -0.39 is 32.5 Å². The minimum Gasteiger partial charge on any atom is -0.462 e. The maximum atomic E-state index is 12.4. The summed E-state index contributed by atoms with van der Waals surface area (Å²) in [6.07, 6.45) is 39.3. The Morgan fingerprint density at radius 2 is 1.30 bits per heavy atom. The second-order valence-electron chi connectivity index (χ2n) is 10.8. The maximum Gasteiger partial charge on any atom is 0.472 e. The SMILES string of the molecule is CC/C=C/C=C/C=C/C=C/C=C/CCCC(=O)OCC(COP(=O)(O)OCCN)OC(=O)CC/C=C/C/C=C/CCCCCCCC. The number of hydrogen-bond acceptors (Lipinski definition) is 8. The third kappa shape index (κ3) is 32.9. The van der Waals surface area contributed by atoms with E-state index in [0.29, 0.717) is 19.3 Å². The second-order valence-corrected chi connectivity index (χ2v) is 12.2. The number of allylic oxidation sites excluding steroid dienone is 14. The molecule has 0 aliphatic carbocycles. The van der Waals surface area contributed by atoms with Crippen LogP contribution in [0.2, 0.25) is 0 Å². The van der Waals surface area contributed by atoms with Crippen LogP contribution in [-0.4, -0.2) is 49.3 Å². The van der Waals surface area contributed by atoms with Crippen molar-refractivity contribution >= 4 is 19.8 Å². The van der Waals surface area contributed by atoms with Crippen LogP contribution >= 0.6 is 7.82 Å². The molecular weight excluding hydrogens is 617 g/mol. The lowest BCUT2D eigenvalue weighted by molar-refractivity contribution is -0.161. The standard InChI is InChI=1S/C37H60NO8P/c1-3-5-7-9-11-13-15-17-19-21-23-25-27-29-36(39)43-33-35(34-45-47(41,42)44-32-31-38)46-37(40)30-28-26-24-22-20-18-16-14-12-10-8-6-4-2/h5,7,9,11,13,15,17-21,23-24,26,35H,3-4,6,8,10,12,14,16,22,25,27-34,38H2,1-2H3,(H,41,42)/b7-5+,11-9+,15-13+,19-17+,20-18+,23-21+,26-24+. The average molecular weight is 678 g/mol. The molecule has 0 fully saturated rings. The molecule has 0 saturated carbocycles. The Morgan fingerprint density at radius 3 is 1.98 bits per heavy atom. The van der Waals surface area contributed by atoms with Crippen molar-refractivity contribution in [3.05, 3.63) is 85.1 Å². The van der Waals surface area contributed by atoms with Gasteiger partial charge in [-0.2, -0.15) is 0 Å². The van der Waals surface area contributed by atoms with E-state index in [-0.39, 0.29) is 32.6 Å². The highest BCUT2D eigenvalue weighted by atomic mass is 31.2. The molecule has 0 aromatic heterocycles. The van der Waals surface area contributed by atoms with Gasteiger partial charge >= 0.3 is 19.8 Å². The fraction of sp³-hybridized carbons (Fsp3) is 0.568. The van der Waals surface area contributed by atoms with Gasteiger partial charge in [0.2, 0.25) is 0 Å². The summed E-state index contributed by atoms with van der Waals surface area (Å²) in [7, 11) is -4.40. The molecule has 2 unspecified atom stereocenters. The van der Waals surface area contributed by atoms with Crippen LogP contribution in [0, 0.1) is 0 Å². The highest BCUT2D eigenvalue weighted by Gasteiger charge is 2.25. The summed E-state index contributed by atoms with van der Waals surface area (Å²) < 4.78 is 32.4. The van der Waals surface area contributed by atoms with E-state index in [4.69, 9.17) is 24.3 Å². The molecule has 9 nitrogen and oxygen atoms in total. The van der Waals surface area contributed by atoms with Crippen LogP contribution in [0.25, 0.3) is 0 Å². The summed E-state index contributed by atoms with van der Waals surface area (Å²) in [6, 6.07) is 0. The third-order valence-electron chi connectivity index (χ3n) is 6.41. The Kier molecular flexibility index (Phi) is 31.1. The van der Waals surface area contributed by atoms with E-state index in [9.17, 15) is 19.0 Å². The Labute approximate surface area is 284 Å². The smallest absolute Gasteiger partial charge is 0.462 e. The Balaban J connectivity index is 4.53. The van der Waals surface area contributed by atoms with Crippen LogP contribution in [0.1, 0.15) is 104 Å². The molecule has 0 aliphatic rings. The largest absolute Gasteiger partial charge is 0.472 e. The van der Waals surface area contributed by atoms with E-state index in [1.165, 1.54) is 38.5 Å². The topological polar surface area (TPSA) is 134 Å². The van der Waals surface area contributed by atoms with Crippen molar-refractivity contribution in [3.8, 4) is 0 Å². The van der Waals surface area contributed by atoms with Gasteiger partial charge in [0.15, 0.2) is 6.10 Å². The summed E-state index contributed by atoms with van der Waals surface area (Å²) in [5.41, 5.74) is 5.31. The first-order valence-corrected chi connectivity index (χ1v) is 18.6. The lowest BCUT2D eigenvalue weighted by Gasteiger charge is -2.19. The molecule has 0 rings (SSSR count). The van der Waals surface area contributed by atoms with Crippen molar-refractivity contribution in [1.82, 2.24) is 0 Å². The van der Waals surface area contributed by atoms with Crippen molar-refractivity contribution < 1.29 is 37.6 Å². The Morgan fingerprint density at radius 1 is 0.681 bits per heavy atom. The van der Waals surface area contributed by atoms with Crippen molar-refractivity contribution in [2.45, 2.75) is 110 Å². The van der Waals surface area contributed by atoms with E-state index in [0.717, 1.165) is 19.3 Å². The number of hydrogen-bond donors (Lipinski definition) is 2. The first kappa shape index (κ1) is 44.2. The predicted molar refractivity (Wildman–Crippen MR) is 192 cm³/mol. The van der Waals surface area contributed by atoms with Gasteiger partial charge in [-0.3, -0.25) is 18.6 Å². The lowest BCUT2D eigenvalue weighted by atomic mass is 10.1. The molecule has 0 aliphatic heterocycles. The highest BCUT2D eigenvalue weighted by Crippen LogP contribution is 2.43. The van der Waals surface area contributed by atoms with Gasteiger partial charge in [0.1, 0.15) is 6.61 Å². The second kappa shape index (κ2) is 33.1. The van der Waals surface area contributed by atoms with Gasteiger partial charge in [0, 0.05) is 19.4 Å². The van der Waals surface area contributed by atoms with Crippen LogP contribution in [0.4, 0.5) is 0 Å². The fourth-order valence-electron chi connectivity index (χ4n) is 3.89. The number of nitrogens with two attached hydrogens (primary N) is 1. The van der Waals surface area contributed by atoms with Gasteiger partial charge in [-0.1, -0.05) is 131 Å². The molecule has 0 aromatic carbocycles. The quantitative estimate of drug-likeness (QED) is 0.0251. The van der Waals surface area contributed by atoms with Crippen LogP contribution in [0.5, 0.6) is 0 Å². The van der Waals surface area contributed by atoms with E-state index >= 15 is 0 Å². The van der Waals surface area contributed by atoms with E-state index in [1.54, 1.807) is 0 Å². The molecule has 10 heteroatoms. The molecule has 0 spiro atoms. The summed E-state index contributed by atoms with van der Waals surface area (Å²) in [6.45, 7) is 3.37. The summed E-state index contributed by atoms with van der Waals surface area (Å²) in [5.74, 6) is -1.01. The lowest BCUT2D eigenvalue weighted by Crippen LogP contribution is -2.29. The summed E-state index contributed by atoms with van der Waals surface area (Å²) in [5, 5.41) is 0. The van der Waals surface area contributed by atoms with Crippen LogP contribution in [0.3, 0.4) is 0 Å². The first-order valence-electron chi connectivity index (χ1n) is 17.1. The number of phosphoric ester groups is 1. The number of ether oxygens (including phenoxy) is 2. The molecule has 0 saturated heterocycles. The zero-order chi connectivity index (χ0) is 34.7. The number of esters is 2. The summed E-state index contributed by atoms with van der Waals surface area (Å²) >= 11 is 0.